The van der Waals surface area contributed by atoms with Crippen LogP contribution < -0.4 is 0 Å². The van der Waals surface area contributed by atoms with Crippen molar-refractivity contribution in [2.24, 2.45) is 0 Å². The molecule has 0 spiro atoms. The minimum absolute atomic E-state index is 0.0250. The lowest BCUT2D eigenvalue weighted by atomic mass is 9.97. The number of alkyl halides is 6. The van der Waals surface area contributed by atoms with Crippen molar-refractivity contribution in [1.82, 2.24) is 19.7 Å². The predicted molar refractivity (Wildman–Crippen MR) is 89.9 cm³/mol. The number of likely N-dealkylation sites (tertiary alicyclic amines) is 1. The lowest BCUT2D eigenvalue weighted by Crippen LogP contribution is -2.40. The van der Waals surface area contributed by atoms with E-state index in [9.17, 15) is 35.9 Å². The summed E-state index contributed by atoms with van der Waals surface area (Å²) in [6, 6.07) is -0.123. The summed E-state index contributed by atoms with van der Waals surface area (Å²) in [5.74, 6) is -2.07. The van der Waals surface area contributed by atoms with Gasteiger partial charge in [-0.1, -0.05) is 0 Å². The highest BCUT2D eigenvalue weighted by atomic mass is 32.1. The first-order chi connectivity index (χ1) is 13.9. The number of piperidine rings is 1. The van der Waals surface area contributed by atoms with Gasteiger partial charge in [0.05, 0.1) is 5.01 Å². The highest BCUT2D eigenvalue weighted by molar-refractivity contribution is 7.09. The van der Waals surface area contributed by atoms with Gasteiger partial charge in [-0.15, -0.1) is 11.3 Å². The number of thiazole rings is 1. The molecule has 30 heavy (non-hydrogen) atoms. The standard InChI is InChI=1S/C16H14F6N4O3S/c17-15(18,19)10-5-11(16(20,21)22)26(24-10)6-12(27)25-3-1-8(2-4-25)13-23-9(7-30-13)14(28)29/h5,7-8H,1-4,6H2,(H,28,29). The molecule has 7 nitrogen and oxygen atoms in total. The summed E-state index contributed by atoms with van der Waals surface area (Å²) in [5.41, 5.74) is -3.46. The van der Waals surface area contributed by atoms with Gasteiger partial charge in [0.1, 0.15) is 12.2 Å². The molecule has 1 amide bonds. The van der Waals surface area contributed by atoms with E-state index in [-0.39, 0.29) is 35.4 Å². The number of nitrogens with zero attached hydrogens (tertiary/aromatic N) is 4. The van der Waals surface area contributed by atoms with Gasteiger partial charge in [0.25, 0.3) is 0 Å². The van der Waals surface area contributed by atoms with Crippen molar-refractivity contribution in [2.75, 3.05) is 13.1 Å². The van der Waals surface area contributed by atoms with Gasteiger partial charge >= 0.3 is 18.3 Å². The monoisotopic (exact) mass is 456 g/mol. The van der Waals surface area contributed by atoms with Crippen LogP contribution in [0.4, 0.5) is 26.3 Å². The summed E-state index contributed by atoms with van der Waals surface area (Å²) in [6.07, 6.45) is -9.37. The van der Waals surface area contributed by atoms with Crippen LogP contribution in [-0.4, -0.2) is 49.7 Å². The quantitative estimate of drug-likeness (QED) is 0.712. The average Bonchev–Trinajstić information content (AvgIpc) is 3.28. The van der Waals surface area contributed by atoms with Gasteiger partial charge in [-0.3, -0.25) is 9.48 Å². The number of halogens is 6. The largest absolute Gasteiger partial charge is 0.476 e. The number of amides is 1. The molecule has 3 rings (SSSR count). The molecule has 0 saturated carbocycles. The van der Waals surface area contributed by atoms with E-state index in [1.165, 1.54) is 21.6 Å². The van der Waals surface area contributed by atoms with Gasteiger partial charge in [0.2, 0.25) is 5.91 Å². The van der Waals surface area contributed by atoms with Gasteiger partial charge < -0.3 is 10.0 Å². The molecule has 0 unspecified atom stereocenters. The molecular weight excluding hydrogens is 442 g/mol. The van der Waals surface area contributed by atoms with Crippen molar-refractivity contribution in [3.63, 3.8) is 0 Å². The molecule has 0 radical (unpaired) electrons. The number of hydrogen-bond donors (Lipinski definition) is 1. The second-order valence-electron chi connectivity index (χ2n) is 6.60. The number of rotatable bonds is 4. The molecule has 2 aromatic heterocycles. The van der Waals surface area contributed by atoms with E-state index in [0.717, 1.165) is 0 Å². The second kappa shape index (κ2) is 7.89. The van der Waals surface area contributed by atoms with Gasteiger partial charge in [-0.05, 0) is 12.8 Å². The molecule has 1 saturated heterocycles. The number of carboxylic acid groups (broad SMARTS) is 1. The molecule has 0 aromatic carbocycles. The molecule has 1 aliphatic heterocycles. The van der Waals surface area contributed by atoms with E-state index in [2.05, 4.69) is 10.1 Å². The van der Waals surface area contributed by atoms with Gasteiger partial charge in [0.15, 0.2) is 11.4 Å². The van der Waals surface area contributed by atoms with Crippen LogP contribution in [-0.2, 0) is 23.7 Å². The Labute approximate surface area is 168 Å². The van der Waals surface area contributed by atoms with Crippen LogP contribution in [0.2, 0.25) is 0 Å². The molecule has 164 valence electrons. The van der Waals surface area contributed by atoms with Crippen LogP contribution >= 0.6 is 11.3 Å². The van der Waals surface area contributed by atoms with E-state index in [1.54, 1.807) is 0 Å². The van der Waals surface area contributed by atoms with Gasteiger partial charge in [-0.2, -0.15) is 31.4 Å². The summed E-state index contributed by atoms with van der Waals surface area (Å²) < 4.78 is 77.4. The molecule has 14 heteroatoms. The minimum Gasteiger partial charge on any atom is -0.476 e. The van der Waals surface area contributed by atoms with Gasteiger partial charge in [-0.25, -0.2) is 9.78 Å². The first kappa shape index (κ1) is 22.1. The number of aromatic carboxylic acids is 1. The van der Waals surface area contributed by atoms with Crippen molar-refractivity contribution in [2.45, 2.75) is 37.7 Å². The molecule has 0 bridgehead atoms. The highest BCUT2D eigenvalue weighted by Gasteiger charge is 2.42. The number of hydrogen-bond acceptors (Lipinski definition) is 5. The van der Waals surface area contributed by atoms with Crippen molar-refractivity contribution < 1.29 is 41.0 Å². The number of aromatic nitrogens is 3. The Balaban J connectivity index is 1.67. The zero-order valence-corrected chi connectivity index (χ0v) is 15.8. The molecule has 0 aliphatic carbocycles. The molecule has 1 fully saturated rings. The number of carbonyl (C=O) groups is 2. The fraction of sp³-hybridized carbons (Fsp3) is 0.500. The molecule has 2 aromatic rings. The van der Waals surface area contributed by atoms with E-state index in [0.29, 0.717) is 17.8 Å². The van der Waals surface area contributed by atoms with Crippen LogP contribution in [0, 0.1) is 0 Å². The third kappa shape index (κ3) is 4.74. The molecule has 3 heterocycles. The van der Waals surface area contributed by atoms with E-state index in [4.69, 9.17) is 5.11 Å². The Kier molecular flexibility index (Phi) is 5.80. The topological polar surface area (TPSA) is 88.3 Å². The summed E-state index contributed by atoms with van der Waals surface area (Å²) in [4.78, 5) is 28.5. The fourth-order valence-corrected chi connectivity index (χ4v) is 4.05. The Morgan fingerprint density at radius 3 is 2.27 bits per heavy atom. The van der Waals surface area contributed by atoms with Crippen molar-refractivity contribution in [3.8, 4) is 0 Å². The lowest BCUT2D eigenvalue weighted by Gasteiger charge is -2.31. The molecular formula is C16H14F6N4O3S. The number of carboxylic acids is 1. The second-order valence-corrected chi connectivity index (χ2v) is 7.49. The zero-order chi connectivity index (χ0) is 22.3. The zero-order valence-electron chi connectivity index (χ0n) is 15.0. The van der Waals surface area contributed by atoms with Crippen molar-refractivity contribution >= 4 is 23.2 Å². The normalized spacial score (nSPS) is 16.1. The van der Waals surface area contributed by atoms with E-state index >= 15 is 0 Å². The first-order valence-corrected chi connectivity index (χ1v) is 9.43. The third-order valence-corrected chi connectivity index (χ3v) is 5.59. The van der Waals surface area contributed by atoms with Crippen molar-refractivity contribution in [3.05, 3.63) is 33.5 Å². The Hall–Kier alpha value is -2.64. The van der Waals surface area contributed by atoms with Crippen LogP contribution in [0.1, 0.15) is 45.6 Å². The maximum absolute atomic E-state index is 13.0. The average molecular weight is 456 g/mol. The lowest BCUT2D eigenvalue weighted by molar-refractivity contribution is -0.146. The summed E-state index contributed by atoms with van der Waals surface area (Å²) >= 11 is 1.17. The first-order valence-electron chi connectivity index (χ1n) is 8.55. The van der Waals surface area contributed by atoms with Crippen LogP contribution in [0.5, 0.6) is 0 Å². The molecule has 1 aliphatic rings. The van der Waals surface area contributed by atoms with Gasteiger partial charge in [0, 0.05) is 30.5 Å². The summed E-state index contributed by atoms with van der Waals surface area (Å²) in [6.45, 7) is -0.670. The summed E-state index contributed by atoms with van der Waals surface area (Å²) in [5, 5.41) is 13.8. The molecule has 1 N–H and O–H groups in total. The maximum Gasteiger partial charge on any atom is 0.435 e. The van der Waals surface area contributed by atoms with E-state index < -0.39 is 42.2 Å². The minimum atomic E-state index is -5.10. The summed E-state index contributed by atoms with van der Waals surface area (Å²) in [7, 11) is 0. The van der Waals surface area contributed by atoms with Crippen molar-refractivity contribution in [1.29, 1.82) is 0 Å². The van der Waals surface area contributed by atoms with Crippen LogP contribution in [0.25, 0.3) is 0 Å². The highest BCUT2D eigenvalue weighted by Crippen LogP contribution is 2.35. The Bertz CT molecular complexity index is 944. The predicted octanol–water partition coefficient (Wildman–Crippen LogP) is 3.48. The van der Waals surface area contributed by atoms with Crippen LogP contribution in [0.15, 0.2) is 11.4 Å². The third-order valence-electron chi connectivity index (χ3n) is 4.58. The Morgan fingerprint density at radius 1 is 1.13 bits per heavy atom. The molecule has 0 atom stereocenters. The smallest absolute Gasteiger partial charge is 0.435 e. The SMILES string of the molecule is O=C(O)c1csc(C2CCN(C(=O)Cn3nc(C(F)(F)F)cc3C(F)(F)F)CC2)n1. The Morgan fingerprint density at radius 2 is 1.77 bits per heavy atom. The fourth-order valence-electron chi connectivity index (χ4n) is 3.08. The maximum atomic E-state index is 13.0. The number of carbonyl (C=O) groups excluding carboxylic acids is 1. The van der Waals surface area contributed by atoms with E-state index in [1.807, 2.05) is 0 Å². The van der Waals surface area contributed by atoms with Crippen LogP contribution in [0.3, 0.4) is 0 Å².